The molecule has 0 aliphatic carbocycles. The Morgan fingerprint density at radius 1 is 1.50 bits per heavy atom. The van der Waals surface area contributed by atoms with E-state index < -0.39 is 0 Å². The van der Waals surface area contributed by atoms with Gasteiger partial charge in [-0.1, -0.05) is 0 Å². The standard InChI is InChI=1S/C9H8N2O3/c1-14-7-4-10-3-5-9(7)6(12)2-8(13)11-5/h2-4H,1H3,(H2,11,12,13). The minimum atomic E-state index is -0.370. The van der Waals surface area contributed by atoms with Gasteiger partial charge in [-0.05, 0) is 0 Å². The van der Waals surface area contributed by atoms with Crippen LogP contribution in [0.4, 0.5) is 0 Å². The van der Waals surface area contributed by atoms with Gasteiger partial charge in [-0.15, -0.1) is 0 Å². The average Bonchev–Trinajstić information content (AvgIpc) is 2.16. The average molecular weight is 192 g/mol. The smallest absolute Gasteiger partial charge is 0.252 e. The van der Waals surface area contributed by atoms with Gasteiger partial charge in [0, 0.05) is 6.07 Å². The van der Waals surface area contributed by atoms with E-state index >= 15 is 0 Å². The molecule has 0 radical (unpaired) electrons. The van der Waals surface area contributed by atoms with Gasteiger partial charge in [-0.3, -0.25) is 9.78 Å². The molecule has 0 amide bonds. The Balaban J connectivity index is 2.94. The number of nitrogens with one attached hydrogen (secondary N) is 1. The first-order chi connectivity index (χ1) is 6.72. The lowest BCUT2D eigenvalue weighted by atomic mass is 10.2. The van der Waals surface area contributed by atoms with E-state index in [1.54, 1.807) is 0 Å². The Morgan fingerprint density at radius 3 is 3.00 bits per heavy atom. The molecule has 0 saturated carbocycles. The first kappa shape index (κ1) is 8.55. The third-order valence-corrected chi connectivity index (χ3v) is 1.91. The number of aromatic amines is 1. The summed E-state index contributed by atoms with van der Waals surface area (Å²) < 4.78 is 5.00. The zero-order chi connectivity index (χ0) is 10.1. The monoisotopic (exact) mass is 192 g/mol. The summed E-state index contributed by atoms with van der Waals surface area (Å²) in [6.45, 7) is 0. The van der Waals surface area contributed by atoms with Gasteiger partial charge in [-0.2, -0.15) is 0 Å². The van der Waals surface area contributed by atoms with Crippen LogP contribution in [0.2, 0.25) is 0 Å². The van der Waals surface area contributed by atoms with Crippen molar-refractivity contribution in [2.24, 2.45) is 0 Å². The zero-order valence-electron chi connectivity index (χ0n) is 7.44. The minimum Gasteiger partial charge on any atom is -0.507 e. The van der Waals surface area contributed by atoms with Crippen LogP contribution in [0.3, 0.4) is 0 Å². The second-order valence-corrected chi connectivity index (χ2v) is 2.78. The molecule has 14 heavy (non-hydrogen) atoms. The van der Waals surface area contributed by atoms with Crippen molar-refractivity contribution in [1.82, 2.24) is 9.97 Å². The highest BCUT2D eigenvalue weighted by Crippen LogP contribution is 2.29. The molecule has 0 aliphatic heterocycles. The summed E-state index contributed by atoms with van der Waals surface area (Å²) in [6.07, 6.45) is 2.93. The predicted octanol–water partition coefficient (Wildman–Crippen LogP) is 0.637. The van der Waals surface area contributed by atoms with E-state index in [2.05, 4.69) is 9.97 Å². The second kappa shape index (κ2) is 3.02. The number of nitrogens with zero attached hydrogens (tertiary/aromatic N) is 1. The lowest BCUT2D eigenvalue weighted by Crippen LogP contribution is -2.03. The number of aromatic nitrogens is 2. The summed E-state index contributed by atoms with van der Waals surface area (Å²) in [7, 11) is 1.47. The lowest BCUT2D eigenvalue weighted by molar-refractivity contribution is 0.414. The van der Waals surface area contributed by atoms with Crippen molar-refractivity contribution in [2.75, 3.05) is 7.11 Å². The van der Waals surface area contributed by atoms with E-state index in [-0.39, 0.29) is 11.3 Å². The fraction of sp³-hybridized carbons (Fsp3) is 0.111. The van der Waals surface area contributed by atoms with Crippen molar-refractivity contribution >= 4 is 10.9 Å². The Morgan fingerprint density at radius 2 is 2.29 bits per heavy atom. The number of hydrogen-bond acceptors (Lipinski definition) is 4. The van der Waals surface area contributed by atoms with Crippen LogP contribution in [-0.2, 0) is 0 Å². The van der Waals surface area contributed by atoms with Crippen LogP contribution >= 0.6 is 0 Å². The number of pyridine rings is 2. The molecule has 2 N–H and O–H groups in total. The molecule has 0 atom stereocenters. The molecule has 72 valence electrons. The number of rotatable bonds is 1. The van der Waals surface area contributed by atoms with Gasteiger partial charge in [0.05, 0.1) is 30.4 Å². The van der Waals surface area contributed by atoms with Gasteiger partial charge in [0.25, 0.3) is 5.56 Å². The summed E-state index contributed by atoms with van der Waals surface area (Å²) in [4.78, 5) is 17.4. The van der Waals surface area contributed by atoms with Crippen molar-refractivity contribution < 1.29 is 9.84 Å². The number of hydrogen-bond donors (Lipinski definition) is 2. The molecule has 0 aliphatic rings. The summed E-state index contributed by atoms with van der Waals surface area (Å²) in [5.74, 6) is 0.319. The third-order valence-electron chi connectivity index (χ3n) is 1.91. The van der Waals surface area contributed by atoms with Crippen LogP contribution in [0.1, 0.15) is 0 Å². The van der Waals surface area contributed by atoms with Crippen molar-refractivity contribution in [2.45, 2.75) is 0 Å². The molecule has 0 unspecified atom stereocenters. The maximum atomic E-state index is 11.0. The number of aromatic hydroxyl groups is 1. The highest BCUT2D eigenvalue weighted by atomic mass is 16.5. The third kappa shape index (κ3) is 1.19. The Kier molecular flexibility index (Phi) is 1.85. The summed E-state index contributed by atoms with van der Waals surface area (Å²) in [5.41, 5.74) is 0.0828. The van der Waals surface area contributed by atoms with Crippen LogP contribution in [0.5, 0.6) is 11.5 Å². The predicted molar refractivity (Wildman–Crippen MR) is 50.6 cm³/mol. The van der Waals surface area contributed by atoms with Gasteiger partial charge in [0.1, 0.15) is 11.5 Å². The van der Waals surface area contributed by atoms with Crippen LogP contribution in [0, 0.1) is 0 Å². The molecule has 0 saturated heterocycles. The molecule has 0 spiro atoms. The van der Waals surface area contributed by atoms with Crippen molar-refractivity contribution in [3.05, 3.63) is 28.8 Å². The Labute approximate surface area is 79.0 Å². The maximum Gasteiger partial charge on any atom is 0.252 e. The van der Waals surface area contributed by atoms with Crippen LogP contribution in [0.25, 0.3) is 10.9 Å². The highest BCUT2D eigenvalue weighted by molar-refractivity contribution is 5.89. The summed E-state index contributed by atoms with van der Waals surface area (Å²) in [5, 5.41) is 10.00. The number of fused-ring (bicyclic) bond motifs is 1. The number of methoxy groups -OCH3 is 1. The molecule has 0 fully saturated rings. The molecular formula is C9H8N2O3. The highest BCUT2D eigenvalue weighted by Gasteiger charge is 2.07. The maximum absolute atomic E-state index is 11.0. The van der Waals surface area contributed by atoms with Gasteiger partial charge in [-0.25, -0.2) is 0 Å². The summed E-state index contributed by atoms with van der Waals surface area (Å²) in [6, 6.07) is 1.10. The van der Waals surface area contributed by atoms with Crippen LogP contribution in [-0.4, -0.2) is 22.2 Å². The van der Waals surface area contributed by atoms with E-state index in [9.17, 15) is 9.90 Å². The minimum absolute atomic E-state index is 0.108. The van der Waals surface area contributed by atoms with Gasteiger partial charge < -0.3 is 14.8 Å². The van der Waals surface area contributed by atoms with E-state index in [1.807, 2.05) is 0 Å². The van der Waals surface area contributed by atoms with Crippen LogP contribution in [0.15, 0.2) is 23.3 Å². The Hall–Kier alpha value is -2.04. The lowest BCUT2D eigenvalue weighted by Gasteiger charge is -2.04. The van der Waals surface area contributed by atoms with Gasteiger partial charge in [0.2, 0.25) is 0 Å². The first-order valence-corrected chi connectivity index (χ1v) is 3.96. The topological polar surface area (TPSA) is 75.2 Å². The summed E-state index contributed by atoms with van der Waals surface area (Å²) >= 11 is 0. The zero-order valence-corrected chi connectivity index (χ0v) is 7.44. The molecular weight excluding hydrogens is 184 g/mol. The molecule has 0 aromatic carbocycles. The largest absolute Gasteiger partial charge is 0.507 e. The molecule has 0 bridgehead atoms. The van der Waals surface area contributed by atoms with Crippen LogP contribution < -0.4 is 10.3 Å². The number of H-pyrrole nitrogens is 1. The van der Waals surface area contributed by atoms with Crippen molar-refractivity contribution in [3.8, 4) is 11.5 Å². The molecule has 2 rings (SSSR count). The van der Waals surface area contributed by atoms with E-state index in [0.29, 0.717) is 16.7 Å². The second-order valence-electron chi connectivity index (χ2n) is 2.78. The Bertz CT molecular complexity index is 533. The molecule has 2 heterocycles. The van der Waals surface area contributed by atoms with Gasteiger partial charge >= 0.3 is 0 Å². The van der Waals surface area contributed by atoms with Gasteiger partial charge in [0.15, 0.2) is 0 Å². The fourth-order valence-electron chi connectivity index (χ4n) is 1.32. The first-order valence-electron chi connectivity index (χ1n) is 3.96. The molecule has 5 heteroatoms. The SMILES string of the molecule is COc1cncc2[nH]c(=O)cc(O)c12. The van der Waals surface area contributed by atoms with E-state index in [1.165, 1.54) is 19.5 Å². The fourth-order valence-corrected chi connectivity index (χ4v) is 1.32. The molecule has 2 aromatic rings. The van der Waals surface area contributed by atoms with E-state index in [4.69, 9.17) is 4.74 Å². The normalized spacial score (nSPS) is 10.4. The van der Waals surface area contributed by atoms with Crippen molar-refractivity contribution in [1.29, 1.82) is 0 Å². The quantitative estimate of drug-likeness (QED) is 0.695. The molecule has 2 aromatic heterocycles. The van der Waals surface area contributed by atoms with Crippen molar-refractivity contribution in [3.63, 3.8) is 0 Å². The number of ether oxygens (including phenoxy) is 1. The van der Waals surface area contributed by atoms with E-state index in [0.717, 1.165) is 6.07 Å². The molecule has 5 nitrogen and oxygen atoms in total.